The molecule has 6 rings (SSSR count). The van der Waals surface area contributed by atoms with Crippen LogP contribution < -0.4 is 0 Å². The molecule has 6 aromatic rings. The van der Waals surface area contributed by atoms with E-state index in [0.29, 0.717) is 5.92 Å². The lowest BCUT2D eigenvalue weighted by Crippen LogP contribution is -2.02. The van der Waals surface area contributed by atoms with Gasteiger partial charge in [-0.05, 0) is 125 Å². The number of allylic oxidation sites excluding steroid dienone is 3. The van der Waals surface area contributed by atoms with Crippen molar-refractivity contribution in [3.05, 3.63) is 143 Å². The molecule has 1 nitrogen and oxygen atoms in total. The van der Waals surface area contributed by atoms with Gasteiger partial charge in [0.2, 0.25) is 0 Å². The van der Waals surface area contributed by atoms with Crippen LogP contribution in [0.5, 0.6) is 0 Å². The predicted octanol–water partition coefficient (Wildman–Crippen LogP) is 12.1. The Morgan fingerprint density at radius 2 is 1.38 bits per heavy atom. The summed E-state index contributed by atoms with van der Waals surface area (Å²) in [6.45, 7) is 11.1. The Morgan fingerprint density at radius 1 is 0.690 bits per heavy atom. The zero-order valence-corrected chi connectivity index (χ0v) is 25.2. The van der Waals surface area contributed by atoms with E-state index in [4.69, 9.17) is 4.42 Å². The minimum Gasteiger partial charge on any atom is -0.457 e. The summed E-state index contributed by atoms with van der Waals surface area (Å²) in [4.78, 5) is 0. The molecule has 5 aromatic carbocycles. The van der Waals surface area contributed by atoms with Crippen molar-refractivity contribution in [3.8, 4) is 22.3 Å². The van der Waals surface area contributed by atoms with Crippen molar-refractivity contribution in [2.75, 3.05) is 0 Å². The second kappa shape index (κ2) is 11.7. The summed E-state index contributed by atoms with van der Waals surface area (Å²) in [5, 5.41) is 3.63. The molecule has 0 radical (unpaired) electrons. The number of benzene rings is 5. The summed E-state index contributed by atoms with van der Waals surface area (Å²) < 4.78 is 6.42. The summed E-state index contributed by atoms with van der Waals surface area (Å²) in [5.41, 5.74) is 12.2. The molecular formula is C41H38O. The van der Waals surface area contributed by atoms with Crippen LogP contribution in [0.1, 0.15) is 49.6 Å². The van der Waals surface area contributed by atoms with Gasteiger partial charge in [-0.1, -0.05) is 104 Å². The zero-order valence-electron chi connectivity index (χ0n) is 25.2. The fourth-order valence-corrected chi connectivity index (χ4v) is 5.97. The van der Waals surface area contributed by atoms with E-state index < -0.39 is 0 Å². The van der Waals surface area contributed by atoms with Crippen molar-refractivity contribution in [1.82, 2.24) is 0 Å². The quantitative estimate of drug-likeness (QED) is 0.182. The van der Waals surface area contributed by atoms with E-state index in [1.165, 1.54) is 60.9 Å². The van der Waals surface area contributed by atoms with Crippen molar-refractivity contribution >= 4 is 33.4 Å². The minimum atomic E-state index is 0.451. The third kappa shape index (κ3) is 5.48. The highest BCUT2D eigenvalue weighted by Crippen LogP contribution is 2.36. The van der Waals surface area contributed by atoms with Crippen LogP contribution in [0, 0.1) is 19.8 Å². The SMILES string of the molecule is C/C=C(\C(=C/c1cc2cc(-c3cccc(-c4ccc5ccccc5c4)c3)ccc2o1)c1cc(C)ccc1C)C(C)CC. The lowest BCUT2D eigenvalue weighted by molar-refractivity contribution is 0.604. The van der Waals surface area contributed by atoms with Crippen LogP contribution in [0.4, 0.5) is 0 Å². The monoisotopic (exact) mass is 546 g/mol. The largest absolute Gasteiger partial charge is 0.457 e. The highest BCUT2D eigenvalue weighted by molar-refractivity contribution is 5.94. The van der Waals surface area contributed by atoms with Gasteiger partial charge in [0.25, 0.3) is 0 Å². The van der Waals surface area contributed by atoms with Crippen LogP contribution >= 0.6 is 0 Å². The normalized spacial score (nSPS) is 13.2. The third-order valence-corrected chi connectivity index (χ3v) is 8.55. The first-order valence-electron chi connectivity index (χ1n) is 15.0. The Labute approximate surface area is 249 Å². The minimum absolute atomic E-state index is 0.451. The summed E-state index contributed by atoms with van der Waals surface area (Å²) in [7, 11) is 0. The molecule has 0 saturated heterocycles. The standard InChI is InChI=1S/C41H38O/c1-6-28(4)38(7-2)40(39-21-27(3)15-16-29(39)5)26-37-25-36-24-35(19-20-41(36)42-37)33-14-10-13-32(23-33)34-18-17-30-11-8-9-12-31(30)22-34/h7-26,28H,6H2,1-5H3/b38-7-,40-26+. The number of furan rings is 1. The molecule has 0 saturated carbocycles. The van der Waals surface area contributed by atoms with E-state index in [0.717, 1.165) is 23.2 Å². The van der Waals surface area contributed by atoms with Crippen LogP contribution in [0.2, 0.25) is 0 Å². The lowest BCUT2D eigenvalue weighted by atomic mass is 9.85. The molecule has 1 heterocycles. The highest BCUT2D eigenvalue weighted by Gasteiger charge is 2.17. The molecule has 208 valence electrons. The molecule has 1 unspecified atom stereocenters. The van der Waals surface area contributed by atoms with Crippen molar-refractivity contribution in [1.29, 1.82) is 0 Å². The number of hydrogen-bond acceptors (Lipinski definition) is 1. The molecule has 0 aliphatic heterocycles. The van der Waals surface area contributed by atoms with Crippen LogP contribution in [0.3, 0.4) is 0 Å². The first-order chi connectivity index (χ1) is 20.4. The Bertz CT molecular complexity index is 1960. The van der Waals surface area contributed by atoms with Crippen molar-refractivity contribution in [3.63, 3.8) is 0 Å². The molecule has 0 aliphatic carbocycles. The topological polar surface area (TPSA) is 13.1 Å². The smallest absolute Gasteiger partial charge is 0.134 e. The maximum Gasteiger partial charge on any atom is 0.134 e. The number of fused-ring (bicyclic) bond motifs is 2. The summed E-state index contributed by atoms with van der Waals surface area (Å²) in [5.74, 6) is 1.33. The molecule has 1 atom stereocenters. The van der Waals surface area contributed by atoms with Gasteiger partial charge >= 0.3 is 0 Å². The first kappa shape index (κ1) is 27.5. The van der Waals surface area contributed by atoms with E-state index in [2.05, 4.69) is 156 Å². The van der Waals surface area contributed by atoms with Gasteiger partial charge in [-0.2, -0.15) is 0 Å². The van der Waals surface area contributed by atoms with Gasteiger partial charge in [0.1, 0.15) is 11.3 Å². The van der Waals surface area contributed by atoms with Gasteiger partial charge in [0, 0.05) is 5.39 Å². The third-order valence-electron chi connectivity index (χ3n) is 8.55. The Balaban J connectivity index is 1.39. The first-order valence-corrected chi connectivity index (χ1v) is 15.0. The van der Waals surface area contributed by atoms with Gasteiger partial charge in [0.05, 0.1) is 0 Å². The fraction of sp³-hybridized carbons (Fsp3) is 0.171. The lowest BCUT2D eigenvalue weighted by Gasteiger charge is -2.20. The van der Waals surface area contributed by atoms with E-state index in [-0.39, 0.29) is 0 Å². The van der Waals surface area contributed by atoms with Crippen LogP contribution in [0.15, 0.2) is 125 Å². The van der Waals surface area contributed by atoms with Crippen molar-refractivity contribution in [2.45, 2.75) is 41.0 Å². The summed E-state index contributed by atoms with van der Waals surface area (Å²) >= 11 is 0. The fourth-order valence-electron chi connectivity index (χ4n) is 5.97. The molecule has 42 heavy (non-hydrogen) atoms. The highest BCUT2D eigenvalue weighted by atomic mass is 16.3. The second-order valence-corrected chi connectivity index (χ2v) is 11.5. The molecule has 0 N–H and O–H groups in total. The van der Waals surface area contributed by atoms with Gasteiger partial charge < -0.3 is 4.42 Å². The van der Waals surface area contributed by atoms with Gasteiger partial charge in [0.15, 0.2) is 0 Å². The van der Waals surface area contributed by atoms with Gasteiger partial charge in [-0.25, -0.2) is 0 Å². The Morgan fingerprint density at radius 3 is 2.12 bits per heavy atom. The Hall–Kier alpha value is -4.62. The predicted molar refractivity (Wildman–Crippen MR) is 182 cm³/mol. The molecule has 0 bridgehead atoms. The van der Waals surface area contributed by atoms with Crippen molar-refractivity contribution in [2.24, 2.45) is 5.92 Å². The number of aryl methyl sites for hydroxylation is 2. The van der Waals surface area contributed by atoms with Crippen LogP contribution in [-0.4, -0.2) is 0 Å². The zero-order chi connectivity index (χ0) is 29.2. The molecule has 0 fully saturated rings. The molecule has 0 amide bonds. The summed E-state index contributed by atoms with van der Waals surface area (Å²) in [6.07, 6.45) is 5.60. The number of rotatable bonds is 7. The van der Waals surface area contributed by atoms with Gasteiger partial charge in [-0.15, -0.1) is 0 Å². The molecule has 1 aromatic heterocycles. The van der Waals surface area contributed by atoms with E-state index >= 15 is 0 Å². The number of hydrogen-bond donors (Lipinski definition) is 0. The van der Waals surface area contributed by atoms with E-state index in [1.807, 2.05) is 0 Å². The molecular weight excluding hydrogens is 508 g/mol. The average Bonchev–Trinajstić information content (AvgIpc) is 3.43. The molecule has 0 aliphatic rings. The summed E-state index contributed by atoms with van der Waals surface area (Å²) in [6, 6.07) is 39.5. The molecule has 1 heteroatoms. The second-order valence-electron chi connectivity index (χ2n) is 11.5. The van der Waals surface area contributed by atoms with Crippen LogP contribution in [0.25, 0.3) is 55.6 Å². The Kier molecular flexibility index (Phi) is 7.68. The van der Waals surface area contributed by atoms with Crippen LogP contribution in [-0.2, 0) is 0 Å². The van der Waals surface area contributed by atoms with Gasteiger partial charge in [-0.3, -0.25) is 0 Å². The molecule has 0 spiro atoms. The van der Waals surface area contributed by atoms with E-state index in [9.17, 15) is 0 Å². The average molecular weight is 547 g/mol. The maximum atomic E-state index is 6.42. The van der Waals surface area contributed by atoms with E-state index in [1.54, 1.807) is 0 Å². The van der Waals surface area contributed by atoms with Crippen molar-refractivity contribution < 1.29 is 4.42 Å². The maximum absolute atomic E-state index is 6.42.